The molecule has 0 amide bonds. The molecule has 0 spiro atoms. The molecular weight excluding hydrogens is 187 g/mol. The normalized spacial score (nSPS) is 10.3. The molecule has 2 aromatic carbocycles. The molecule has 0 N–H and O–H groups in total. The van der Waals surface area contributed by atoms with Crippen LogP contribution in [-0.4, -0.2) is 0 Å². The number of halogens is 1. The summed E-state index contributed by atoms with van der Waals surface area (Å²) in [6.45, 7) is 3.81. The Kier molecular flexibility index (Phi) is 2.55. The molecule has 15 heavy (non-hydrogen) atoms. The van der Waals surface area contributed by atoms with Crippen molar-refractivity contribution in [2.75, 3.05) is 0 Å². The van der Waals surface area contributed by atoms with Crippen LogP contribution in [0.1, 0.15) is 11.1 Å². The van der Waals surface area contributed by atoms with E-state index in [1.807, 2.05) is 43.3 Å². The summed E-state index contributed by atoms with van der Waals surface area (Å²) < 4.78 is 13.4. The third-order valence-electron chi connectivity index (χ3n) is 2.63. The van der Waals surface area contributed by atoms with Gasteiger partial charge in [0.15, 0.2) is 0 Å². The molecule has 2 rings (SSSR count). The zero-order valence-electron chi connectivity index (χ0n) is 8.92. The van der Waals surface area contributed by atoms with Crippen LogP contribution in [0.2, 0.25) is 0 Å². The smallest absolute Gasteiger partial charge is 0.126 e. The largest absolute Gasteiger partial charge is 0.207 e. The maximum atomic E-state index is 13.4. The zero-order valence-corrected chi connectivity index (χ0v) is 8.92. The summed E-state index contributed by atoms with van der Waals surface area (Å²) in [6, 6.07) is 13.4. The fourth-order valence-electron chi connectivity index (χ4n) is 1.66. The molecule has 0 bridgehead atoms. The highest BCUT2D eigenvalue weighted by Gasteiger charge is 2.03. The minimum Gasteiger partial charge on any atom is -0.207 e. The first-order valence-electron chi connectivity index (χ1n) is 5.00. The summed E-state index contributed by atoms with van der Waals surface area (Å²) in [5.74, 6) is -0.143. The van der Waals surface area contributed by atoms with Gasteiger partial charge in [0.2, 0.25) is 0 Å². The van der Waals surface area contributed by atoms with E-state index in [0.29, 0.717) is 5.56 Å². The summed E-state index contributed by atoms with van der Waals surface area (Å²) in [6.07, 6.45) is 0. The van der Waals surface area contributed by atoms with Crippen LogP contribution in [0.3, 0.4) is 0 Å². The fourth-order valence-corrected chi connectivity index (χ4v) is 1.66. The van der Waals surface area contributed by atoms with Crippen molar-refractivity contribution in [1.29, 1.82) is 0 Å². The third kappa shape index (κ3) is 1.91. The van der Waals surface area contributed by atoms with Gasteiger partial charge in [-0.15, -0.1) is 0 Å². The number of aryl methyl sites for hydroxylation is 2. The molecule has 2 aromatic rings. The first-order valence-corrected chi connectivity index (χ1v) is 5.00. The Labute approximate surface area is 89.4 Å². The minimum absolute atomic E-state index is 0.143. The molecule has 0 nitrogen and oxygen atoms in total. The Balaban J connectivity index is 2.55. The van der Waals surface area contributed by atoms with Crippen LogP contribution in [0, 0.1) is 19.7 Å². The number of hydrogen-bond acceptors (Lipinski definition) is 0. The maximum Gasteiger partial charge on any atom is 0.126 e. The van der Waals surface area contributed by atoms with Gasteiger partial charge in [-0.2, -0.15) is 0 Å². The number of rotatable bonds is 1. The predicted octanol–water partition coefficient (Wildman–Crippen LogP) is 4.11. The average molecular weight is 200 g/mol. The lowest BCUT2D eigenvalue weighted by Crippen LogP contribution is -1.86. The highest BCUT2D eigenvalue weighted by molar-refractivity contribution is 5.67. The van der Waals surface area contributed by atoms with E-state index < -0.39 is 0 Å². The molecule has 0 aliphatic carbocycles. The Morgan fingerprint density at radius 2 is 1.60 bits per heavy atom. The first-order chi connectivity index (χ1) is 7.18. The van der Waals surface area contributed by atoms with Crippen molar-refractivity contribution in [3.63, 3.8) is 0 Å². The predicted molar refractivity (Wildman–Crippen MR) is 61.3 cm³/mol. The second-order valence-electron chi connectivity index (χ2n) is 3.78. The Hall–Kier alpha value is -1.63. The van der Waals surface area contributed by atoms with Gasteiger partial charge in [0.1, 0.15) is 5.82 Å². The number of benzene rings is 2. The molecule has 0 heterocycles. The number of hydrogen-bond donors (Lipinski definition) is 0. The second kappa shape index (κ2) is 3.85. The lowest BCUT2D eigenvalue weighted by Gasteiger charge is -2.06. The molecule has 76 valence electrons. The van der Waals surface area contributed by atoms with Crippen LogP contribution in [0.5, 0.6) is 0 Å². The van der Waals surface area contributed by atoms with E-state index in [-0.39, 0.29) is 5.82 Å². The van der Waals surface area contributed by atoms with Gasteiger partial charge in [0.25, 0.3) is 0 Å². The standard InChI is InChI=1S/C14H13F/c1-10-5-3-4-6-13(10)12-8-7-11(2)14(15)9-12/h3-9H,1-2H3. The fraction of sp³-hybridized carbons (Fsp3) is 0.143. The molecule has 0 aromatic heterocycles. The summed E-state index contributed by atoms with van der Waals surface area (Å²) >= 11 is 0. The summed E-state index contributed by atoms with van der Waals surface area (Å²) in [5, 5.41) is 0. The van der Waals surface area contributed by atoms with Crippen LogP contribution in [0.25, 0.3) is 11.1 Å². The Bertz CT molecular complexity index is 486. The highest BCUT2D eigenvalue weighted by Crippen LogP contribution is 2.24. The van der Waals surface area contributed by atoms with Crippen molar-refractivity contribution in [2.24, 2.45) is 0 Å². The topological polar surface area (TPSA) is 0 Å². The lowest BCUT2D eigenvalue weighted by molar-refractivity contribution is 0.619. The molecule has 1 heteroatoms. The van der Waals surface area contributed by atoms with Crippen LogP contribution in [0.15, 0.2) is 42.5 Å². The van der Waals surface area contributed by atoms with E-state index in [9.17, 15) is 4.39 Å². The van der Waals surface area contributed by atoms with Gasteiger partial charge in [-0.25, -0.2) is 4.39 Å². The summed E-state index contributed by atoms with van der Waals surface area (Å²) in [7, 11) is 0. The van der Waals surface area contributed by atoms with Crippen molar-refractivity contribution >= 4 is 0 Å². The summed E-state index contributed by atoms with van der Waals surface area (Å²) in [4.78, 5) is 0. The molecule has 0 atom stereocenters. The van der Waals surface area contributed by atoms with Crippen molar-refractivity contribution < 1.29 is 4.39 Å². The summed E-state index contributed by atoms with van der Waals surface area (Å²) in [5.41, 5.74) is 3.89. The van der Waals surface area contributed by atoms with Crippen molar-refractivity contribution in [3.8, 4) is 11.1 Å². The molecule has 0 unspecified atom stereocenters. The van der Waals surface area contributed by atoms with E-state index in [4.69, 9.17) is 0 Å². The molecule has 0 saturated carbocycles. The molecule has 0 aliphatic rings. The van der Waals surface area contributed by atoms with Crippen molar-refractivity contribution in [3.05, 3.63) is 59.4 Å². The van der Waals surface area contributed by atoms with Gasteiger partial charge in [-0.3, -0.25) is 0 Å². The first kappa shape index (κ1) is 9.91. The third-order valence-corrected chi connectivity index (χ3v) is 2.63. The van der Waals surface area contributed by atoms with Crippen LogP contribution in [-0.2, 0) is 0 Å². The second-order valence-corrected chi connectivity index (χ2v) is 3.78. The molecule has 0 saturated heterocycles. The molecule has 0 fully saturated rings. The van der Waals surface area contributed by atoms with Gasteiger partial charge in [0, 0.05) is 0 Å². The van der Waals surface area contributed by atoms with E-state index in [2.05, 4.69) is 0 Å². The monoisotopic (exact) mass is 200 g/mol. The zero-order chi connectivity index (χ0) is 10.8. The van der Waals surface area contributed by atoms with E-state index in [0.717, 1.165) is 11.1 Å². The Morgan fingerprint density at radius 1 is 0.867 bits per heavy atom. The molecule has 0 radical (unpaired) electrons. The average Bonchev–Trinajstić information content (AvgIpc) is 2.23. The Morgan fingerprint density at radius 3 is 2.27 bits per heavy atom. The van der Waals surface area contributed by atoms with Gasteiger partial charge in [0.05, 0.1) is 0 Å². The lowest BCUT2D eigenvalue weighted by atomic mass is 10.00. The minimum atomic E-state index is -0.143. The van der Waals surface area contributed by atoms with Gasteiger partial charge in [-0.05, 0) is 42.2 Å². The van der Waals surface area contributed by atoms with Gasteiger partial charge in [-0.1, -0.05) is 36.4 Å². The van der Waals surface area contributed by atoms with Gasteiger partial charge >= 0.3 is 0 Å². The van der Waals surface area contributed by atoms with E-state index in [1.165, 1.54) is 5.56 Å². The van der Waals surface area contributed by atoms with Crippen LogP contribution in [0.4, 0.5) is 4.39 Å². The quantitative estimate of drug-likeness (QED) is 0.649. The molecular formula is C14H13F. The maximum absolute atomic E-state index is 13.4. The van der Waals surface area contributed by atoms with Crippen LogP contribution < -0.4 is 0 Å². The SMILES string of the molecule is Cc1ccc(-c2ccccc2C)cc1F. The van der Waals surface area contributed by atoms with E-state index in [1.54, 1.807) is 13.0 Å². The highest BCUT2D eigenvalue weighted by atomic mass is 19.1. The van der Waals surface area contributed by atoms with Crippen molar-refractivity contribution in [1.82, 2.24) is 0 Å². The van der Waals surface area contributed by atoms with Crippen LogP contribution >= 0.6 is 0 Å². The van der Waals surface area contributed by atoms with Crippen molar-refractivity contribution in [2.45, 2.75) is 13.8 Å². The molecule has 0 aliphatic heterocycles. The van der Waals surface area contributed by atoms with E-state index >= 15 is 0 Å². The van der Waals surface area contributed by atoms with Gasteiger partial charge < -0.3 is 0 Å².